The van der Waals surface area contributed by atoms with Gasteiger partial charge in [-0.05, 0) is 6.92 Å². The van der Waals surface area contributed by atoms with E-state index in [0.29, 0.717) is 0 Å². The fourth-order valence-electron chi connectivity index (χ4n) is 10.3. The lowest BCUT2D eigenvalue weighted by atomic mass is 9.93. The Kier molecular flexibility index (Phi) is 23.2. The molecule has 36 nitrogen and oxygen atoms in total. The van der Waals surface area contributed by atoms with Crippen LogP contribution in [-0.4, -0.2) is 357 Å². The van der Waals surface area contributed by atoms with Gasteiger partial charge in [0.15, 0.2) is 44.0 Å². The Balaban J connectivity index is 1.25. The second-order valence-corrected chi connectivity index (χ2v) is 20.6. The van der Waals surface area contributed by atoms with Crippen LogP contribution in [0.1, 0.15) is 20.8 Å². The summed E-state index contributed by atoms with van der Waals surface area (Å²) in [5.41, 5.74) is 0. The molecular weight excluding hydrogens is 1110 g/mol. The van der Waals surface area contributed by atoms with Gasteiger partial charge in [0.1, 0.15) is 159 Å². The van der Waals surface area contributed by atoms with Crippen LogP contribution in [0.25, 0.3) is 0 Å². The molecule has 7 aliphatic rings. The molecule has 470 valence electrons. The van der Waals surface area contributed by atoms with Gasteiger partial charge in [-0.1, -0.05) is 0 Å². The minimum atomic E-state index is -2.26. The second kappa shape index (κ2) is 28.4. The van der Waals surface area contributed by atoms with Crippen molar-refractivity contribution in [2.45, 2.75) is 229 Å². The fourth-order valence-corrected chi connectivity index (χ4v) is 10.3. The van der Waals surface area contributed by atoms with E-state index < -0.39 is 260 Å². The second-order valence-electron chi connectivity index (χ2n) is 20.6. The quantitative estimate of drug-likeness (QED) is 0.0571. The monoisotopic (exact) mass is 1190 g/mol. The molecule has 0 radical (unpaired) electrons. The molecule has 34 atom stereocenters. The number of amides is 2. The average molecular weight is 1190 g/mol. The number of nitrogens with one attached hydrogen (secondary N) is 2. The minimum absolute atomic E-state index is 0.710. The lowest BCUT2D eigenvalue weighted by Gasteiger charge is -2.52. The van der Waals surface area contributed by atoms with Crippen LogP contribution in [0.4, 0.5) is 0 Å². The zero-order chi connectivity index (χ0) is 59.6. The van der Waals surface area contributed by atoms with Gasteiger partial charge >= 0.3 is 0 Å². The Morgan fingerprint density at radius 2 is 0.840 bits per heavy atom. The maximum absolute atomic E-state index is 13.0. The van der Waals surface area contributed by atoms with Gasteiger partial charge in [0.25, 0.3) is 0 Å². The van der Waals surface area contributed by atoms with Crippen LogP contribution >= 0.6 is 0 Å². The van der Waals surface area contributed by atoms with E-state index in [1.165, 1.54) is 6.92 Å². The molecule has 81 heavy (non-hydrogen) atoms. The molecule has 36 heteroatoms. The lowest BCUT2D eigenvalue weighted by molar-refractivity contribution is -0.405. The fraction of sp³-hybridized carbons (Fsp3) is 0.956. The van der Waals surface area contributed by atoms with Crippen molar-refractivity contribution >= 4 is 11.8 Å². The first-order chi connectivity index (χ1) is 38.3. The molecule has 7 heterocycles. The molecule has 2 amide bonds. The number of ether oxygens (including phenoxy) is 13. The molecule has 7 rings (SSSR count). The van der Waals surface area contributed by atoms with Crippen LogP contribution in [0.2, 0.25) is 0 Å². The van der Waals surface area contributed by atoms with E-state index in [2.05, 4.69) is 10.6 Å². The number of carbonyl (C=O) groups is 2. The Morgan fingerprint density at radius 1 is 0.395 bits per heavy atom. The van der Waals surface area contributed by atoms with Gasteiger partial charge in [0.2, 0.25) is 11.8 Å². The highest BCUT2D eigenvalue weighted by atomic mass is 16.8. The molecule has 0 saturated carbocycles. The van der Waals surface area contributed by atoms with Crippen LogP contribution in [-0.2, 0) is 71.2 Å². The Hall–Kier alpha value is -2.34. The third kappa shape index (κ3) is 14.4. The smallest absolute Gasteiger partial charge is 0.217 e. The summed E-state index contributed by atoms with van der Waals surface area (Å²) >= 11 is 0. The van der Waals surface area contributed by atoms with Crippen LogP contribution in [0.5, 0.6) is 0 Å². The standard InChI is InChI=1S/C45H76N2O34/c1-10-21(55)27(61)32(66)43(71-10)79-36-20(47-12(3)53)39(68)72-17(7-51)35(36)78-40-19(46-11(2)52)26(60)34(16(6-50)75-40)77-45-38(81-42-30(64)22(56)13(54)8-69-42)37(80-44-33(67)29(63)24(58)15(5-49)74-44)25(59)18(76-45)9-70-41-31(65)28(62)23(57)14(4-48)73-41/h10,13-45,48-51,54-68H,4-9H2,1-3H3,(H,46,52)(H,47,53)/t10-,13-,14-,15-,16-,17-,18-,19-,20-,21+,22+,23-,24-,25-,26-,27+,28+,29+,30-,31+,32-,33+,34-,35-,36-,37+,38+,39-,40+,41+,42+,43-,44-,45+/m1/s1. The van der Waals surface area contributed by atoms with Gasteiger partial charge in [-0.2, -0.15) is 0 Å². The van der Waals surface area contributed by atoms with Crippen molar-refractivity contribution in [1.82, 2.24) is 10.6 Å². The van der Waals surface area contributed by atoms with Crippen LogP contribution in [0.15, 0.2) is 0 Å². The van der Waals surface area contributed by atoms with Crippen molar-refractivity contribution in [3.05, 3.63) is 0 Å². The highest BCUT2D eigenvalue weighted by Gasteiger charge is 2.59. The lowest BCUT2D eigenvalue weighted by Crippen LogP contribution is -2.71. The molecule has 0 spiro atoms. The summed E-state index contributed by atoms with van der Waals surface area (Å²) in [4.78, 5) is 25.5. The van der Waals surface area contributed by atoms with Crippen molar-refractivity contribution < 1.29 is 168 Å². The average Bonchev–Trinajstić information content (AvgIpc) is 3.63. The van der Waals surface area contributed by atoms with E-state index in [-0.39, 0.29) is 0 Å². The zero-order valence-corrected chi connectivity index (χ0v) is 43.5. The van der Waals surface area contributed by atoms with Gasteiger partial charge < -0.3 is 169 Å². The van der Waals surface area contributed by atoms with Crippen LogP contribution in [0, 0.1) is 0 Å². The summed E-state index contributed by atoms with van der Waals surface area (Å²) in [6.45, 7) is -2.40. The summed E-state index contributed by atoms with van der Waals surface area (Å²) in [7, 11) is 0. The summed E-state index contributed by atoms with van der Waals surface area (Å²) < 4.78 is 76.4. The molecular formula is C45H76N2O34. The topological polar surface area (TPSA) is 563 Å². The molecule has 21 N–H and O–H groups in total. The summed E-state index contributed by atoms with van der Waals surface area (Å²) in [5, 5.41) is 210. The Bertz CT molecular complexity index is 1990. The minimum Gasteiger partial charge on any atom is -0.394 e. The molecule has 0 aliphatic carbocycles. The molecule has 7 fully saturated rings. The molecule has 0 aromatic heterocycles. The first-order valence-electron chi connectivity index (χ1n) is 25.9. The predicted molar refractivity (Wildman–Crippen MR) is 248 cm³/mol. The van der Waals surface area contributed by atoms with Crippen molar-refractivity contribution in [2.75, 3.05) is 39.6 Å². The maximum Gasteiger partial charge on any atom is 0.217 e. The number of aliphatic hydroxyl groups is 19. The largest absolute Gasteiger partial charge is 0.394 e. The normalized spacial score (nSPS) is 50.8. The van der Waals surface area contributed by atoms with Gasteiger partial charge in [-0.25, -0.2) is 0 Å². The molecule has 0 unspecified atom stereocenters. The van der Waals surface area contributed by atoms with E-state index in [4.69, 9.17) is 61.6 Å². The van der Waals surface area contributed by atoms with Crippen molar-refractivity contribution in [3.63, 3.8) is 0 Å². The van der Waals surface area contributed by atoms with Gasteiger partial charge in [0.05, 0.1) is 45.7 Å². The molecule has 7 aliphatic heterocycles. The van der Waals surface area contributed by atoms with Gasteiger partial charge in [0, 0.05) is 13.8 Å². The van der Waals surface area contributed by atoms with Crippen molar-refractivity contribution in [3.8, 4) is 0 Å². The number of carbonyl (C=O) groups excluding carboxylic acids is 2. The number of hydrogen-bond acceptors (Lipinski definition) is 34. The van der Waals surface area contributed by atoms with E-state index in [0.717, 1.165) is 13.8 Å². The number of aliphatic hydroxyl groups excluding tert-OH is 19. The van der Waals surface area contributed by atoms with Crippen LogP contribution in [0.3, 0.4) is 0 Å². The molecule has 0 bridgehead atoms. The number of hydrogen-bond donors (Lipinski definition) is 21. The third-order valence-electron chi connectivity index (χ3n) is 14.9. The van der Waals surface area contributed by atoms with E-state index in [9.17, 15) is 107 Å². The van der Waals surface area contributed by atoms with Crippen molar-refractivity contribution in [1.29, 1.82) is 0 Å². The molecule has 7 saturated heterocycles. The van der Waals surface area contributed by atoms with Crippen molar-refractivity contribution in [2.24, 2.45) is 0 Å². The highest BCUT2D eigenvalue weighted by Crippen LogP contribution is 2.38. The molecule has 0 aromatic carbocycles. The Morgan fingerprint density at radius 3 is 1.42 bits per heavy atom. The van der Waals surface area contributed by atoms with E-state index in [1.54, 1.807) is 0 Å². The van der Waals surface area contributed by atoms with E-state index >= 15 is 0 Å². The highest BCUT2D eigenvalue weighted by molar-refractivity contribution is 5.73. The van der Waals surface area contributed by atoms with Gasteiger partial charge in [-0.3, -0.25) is 9.59 Å². The number of rotatable bonds is 19. The maximum atomic E-state index is 13.0. The SMILES string of the molecule is CC(=O)N[C@@H]1[C@@H](O[C@H]2O[C@H](C)[C@H](O)[C@H](O)[C@H]2O)[C@H](O[C@@H]2O[C@H](CO)[C@@H](O[C@@H]3O[C@H](CO[C@H]4O[C@H](CO)[C@@H](O)[C@H](O)[C@@H]4O)[C@@H](O)[C@H](O[C@H]4O[C@H](CO)[C@@H](O)[C@H](O)[C@@H]4O)[C@@H]3O[C@@H]3OC[C@@H](O)[C@H](O)[C@H]3O)[C@H](O)[C@H]2NC(C)=O)[C@@H](CO)O[C@H]1O. The zero-order valence-electron chi connectivity index (χ0n) is 43.5. The first-order valence-corrected chi connectivity index (χ1v) is 25.9. The summed E-state index contributed by atoms with van der Waals surface area (Å²) in [6.07, 6.45) is -61.9. The van der Waals surface area contributed by atoms with Crippen LogP contribution < -0.4 is 10.6 Å². The van der Waals surface area contributed by atoms with Gasteiger partial charge in [-0.15, -0.1) is 0 Å². The Labute approximate surface area is 459 Å². The predicted octanol–water partition coefficient (Wildman–Crippen LogP) is -14.3. The summed E-state index contributed by atoms with van der Waals surface area (Å²) in [5.74, 6) is -1.70. The summed E-state index contributed by atoms with van der Waals surface area (Å²) in [6, 6.07) is -3.57. The third-order valence-corrected chi connectivity index (χ3v) is 14.9. The van der Waals surface area contributed by atoms with E-state index in [1.807, 2.05) is 0 Å². The molecule has 0 aromatic rings. The first kappa shape index (κ1) is 66.2.